The third kappa shape index (κ3) is 5.31. The van der Waals surface area contributed by atoms with E-state index in [2.05, 4.69) is 39.1 Å². The van der Waals surface area contributed by atoms with Crippen molar-refractivity contribution in [2.45, 2.75) is 70.2 Å². The SMILES string of the molecule is CNCc1cc2c(s1)CNC2.O=CC1CCc2cnc(NC(c3ccccc3)C3CCCC3)c(=O)n21. The zero-order chi connectivity index (χ0) is 24.9. The number of aldehydes is 1. The Morgan fingerprint density at radius 1 is 1.19 bits per heavy atom. The fourth-order valence-electron chi connectivity index (χ4n) is 5.67. The highest BCUT2D eigenvalue weighted by Crippen LogP contribution is 2.37. The second kappa shape index (κ2) is 11.5. The summed E-state index contributed by atoms with van der Waals surface area (Å²) in [6.45, 7) is 3.15. The lowest BCUT2D eigenvalue weighted by Gasteiger charge is -2.26. The maximum atomic E-state index is 12.9. The lowest BCUT2D eigenvalue weighted by Crippen LogP contribution is -2.30. The first kappa shape index (κ1) is 24.9. The molecular formula is C28H35N5O2S. The highest BCUT2D eigenvalue weighted by molar-refractivity contribution is 7.12. The van der Waals surface area contributed by atoms with Crippen molar-refractivity contribution in [2.24, 2.45) is 5.92 Å². The first-order valence-corrected chi connectivity index (χ1v) is 13.8. The number of rotatable bonds is 7. The molecule has 0 amide bonds. The van der Waals surface area contributed by atoms with Crippen LogP contribution in [0.3, 0.4) is 0 Å². The number of carbonyl (C=O) groups is 1. The van der Waals surface area contributed by atoms with Crippen molar-refractivity contribution in [2.75, 3.05) is 12.4 Å². The van der Waals surface area contributed by atoms with Crippen molar-refractivity contribution in [1.82, 2.24) is 20.2 Å². The molecule has 1 aromatic carbocycles. The molecule has 2 atom stereocenters. The zero-order valence-electron chi connectivity index (χ0n) is 20.8. The minimum absolute atomic E-state index is 0.0821. The van der Waals surface area contributed by atoms with Gasteiger partial charge in [0.2, 0.25) is 0 Å². The largest absolute Gasteiger partial charge is 0.358 e. The molecule has 2 aromatic heterocycles. The summed E-state index contributed by atoms with van der Waals surface area (Å²) in [6, 6.07) is 12.3. The Bertz CT molecular complexity index is 1210. The van der Waals surface area contributed by atoms with Crippen LogP contribution in [-0.2, 0) is 30.8 Å². The van der Waals surface area contributed by atoms with E-state index in [-0.39, 0.29) is 17.6 Å². The van der Waals surface area contributed by atoms with Gasteiger partial charge >= 0.3 is 0 Å². The summed E-state index contributed by atoms with van der Waals surface area (Å²) in [4.78, 5) is 31.6. The van der Waals surface area contributed by atoms with Gasteiger partial charge in [-0.3, -0.25) is 9.36 Å². The number of aryl methyl sites for hydroxylation is 1. The van der Waals surface area contributed by atoms with Crippen LogP contribution in [0.4, 0.5) is 5.82 Å². The minimum Gasteiger partial charge on any atom is -0.358 e. The molecule has 36 heavy (non-hydrogen) atoms. The Hall–Kier alpha value is -2.81. The number of nitrogens with zero attached hydrogens (tertiary/aromatic N) is 2. The molecular weight excluding hydrogens is 470 g/mol. The summed E-state index contributed by atoms with van der Waals surface area (Å²) >= 11 is 1.92. The molecule has 2 aliphatic heterocycles. The standard InChI is InChI=1S/C20H23N3O2.C8H12N2S/c24-13-17-11-10-16-12-21-19(20(25)23(16)17)22-18(15-8-4-5-9-15)14-6-2-1-3-7-14;1-9-4-7-2-6-3-10-5-8(6)11-7/h1-3,6-7,12-13,15,17-18H,4-5,8-11H2,(H,21,22);2,9-10H,3-5H2,1H3. The summed E-state index contributed by atoms with van der Waals surface area (Å²) in [5, 5.41) is 9.91. The van der Waals surface area contributed by atoms with Crippen LogP contribution >= 0.6 is 11.3 Å². The predicted molar refractivity (Wildman–Crippen MR) is 144 cm³/mol. The first-order chi connectivity index (χ1) is 17.7. The Morgan fingerprint density at radius 2 is 2.00 bits per heavy atom. The fraction of sp³-hybridized carbons (Fsp3) is 0.464. The molecule has 1 fully saturated rings. The Balaban J connectivity index is 0.000000202. The summed E-state index contributed by atoms with van der Waals surface area (Å²) in [5.74, 6) is 0.863. The van der Waals surface area contributed by atoms with Gasteiger partial charge < -0.3 is 20.7 Å². The molecule has 2 unspecified atom stereocenters. The monoisotopic (exact) mass is 505 g/mol. The van der Waals surface area contributed by atoms with Crippen LogP contribution in [0.25, 0.3) is 0 Å². The number of fused-ring (bicyclic) bond motifs is 2. The third-order valence-electron chi connectivity index (χ3n) is 7.48. The van der Waals surface area contributed by atoms with Gasteiger partial charge in [-0.15, -0.1) is 11.3 Å². The van der Waals surface area contributed by atoms with Crippen molar-refractivity contribution in [3.05, 3.63) is 79.5 Å². The second-order valence-electron chi connectivity index (χ2n) is 9.89. The average molecular weight is 506 g/mol. The molecule has 3 aromatic rings. The van der Waals surface area contributed by atoms with Gasteiger partial charge in [0.15, 0.2) is 5.82 Å². The molecule has 0 saturated heterocycles. The van der Waals surface area contributed by atoms with E-state index in [9.17, 15) is 9.59 Å². The quantitative estimate of drug-likeness (QED) is 0.414. The number of anilines is 1. The molecule has 190 valence electrons. The molecule has 1 aliphatic carbocycles. The molecule has 3 N–H and O–H groups in total. The number of carbonyl (C=O) groups excluding carboxylic acids is 1. The Labute approximate surface area is 216 Å². The van der Waals surface area contributed by atoms with Crippen LogP contribution in [0.15, 0.2) is 47.4 Å². The van der Waals surface area contributed by atoms with E-state index in [1.807, 2.05) is 36.6 Å². The highest BCUT2D eigenvalue weighted by atomic mass is 32.1. The van der Waals surface area contributed by atoms with Crippen LogP contribution in [0.2, 0.25) is 0 Å². The number of aromatic nitrogens is 2. The topological polar surface area (TPSA) is 88.1 Å². The van der Waals surface area contributed by atoms with Gasteiger partial charge in [0.25, 0.3) is 5.56 Å². The lowest BCUT2D eigenvalue weighted by atomic mass is 9.91. The van der Waals surface area contributed by atoms with Gasteiger partial charge in [0.1, 0.15) is 6.29 Å². The number of nitrogens with one attached hydrogen (secondary N) is 3. The van der Waals surface area contributed by atoms with E-state index in [0.717, 1.165) is 50.9 Å². The number of benzene rings is 1. The molecule has 8 heteroatoms. The van der Waals surface area contributed by atoms with E-state index in [1.165, 1.54) is 33.7 Å². The molecule has 0 spiro atoms. The predicted octanol–water partition coefficient (Wildman–Crippen LogP) is 4.34. The summed E-state index contributed by atoms with van der Waals surface area (Å²) < 4.78 is 1.61. The van der Waals surface area contributed by atoms with E-state index >= 15 is 0 Å². The molecule has 3 aliphatic rings. The molecule has 4 heterocycles. The lowest BCUT2D eigenvalue weighted by molar-refractivity contribution is -0.110. The highest BCUT2D eigenvalue weighted by Gasteiger charge is 2.29. The van der Waals surface area contributed by atoms with Crippen molar-refractivity contribution >= 4 is 23.4 Å². The fourth-order valence-corrected chi connectivity index (χ4v) is 6.84. The third-order valence-corrected chi connectivity index (χ3v) is 8.66. The van der Waals surface area contributed by atoms with Crippen molar-refractivity contribution in [3.63, 3.8) is 0 Å². The first-order valence-electron chi connectivity index (χ1n) is 13.0. The molecule has 0 radical (unpaired) electrons. The molecule has 1 saturated carbocycles. The van der Waals surface area contributed by atoms with Crippen LogP contribution in [0, 0.1) is 5.92 Å². The number of thiophene rings is 1. The van der Waals surface area contributed by atoms with Gasteiger partial charge in [-0.2, -0.15) is 0 Å². The maximum Gasteiger partial charge on any atom is 0.294 e. The normalized spacial score (nSPS) is 19.3. The molecule has 6 rings (SSSR count). The van der Waals surface area contributed by atoms with Crippen LogP contribution in [0.5, 0.6) is 0 Å². The molecule has 0 bridgehead atoms. The smallest absolute Gasteiger partial charge is 0.294 e. The van der Waals surface area contributed by atoms with E-state index in [4.69, 9.17) is 0 Å². The van der Waals surface area contributed by atoms with Gasteiger partial charge in [-0.25, -0.2) is 4.98 Å². The van der Waals surface area contributed by atoms with Crippen LogP contribution < -0.4 is 21.5 Å². The van der Waals surface area contributed by atoms with Crippen molar-refractivity contribution < 1.29 is 4.79 Å². The Kier molecular flexibility index (Phi) is 7.94. The number of hydrogen-bond acceptors (Lipinski definition) is 7. The molecule has 7 nitrogen and oxygen atoms in total. The van der Waals surface area contributed by atoms with Crippen LogP contribution in [0.1, 0.15) is 70.8 Å². The van der Waals surface area contributed by atoms with E-state index < -0.39 is 0 Å². The number of hydrogen-bond donors (Lipinski definition) is 3. The van der Waals surface area contributed by atoms with Crippen molar-refractivity contribution in [3.8, 4) is 0 Å². The maximum absolute atomic E-state index is 12.9. The van der Waals surface area contributed by atoms with Gasteiger partial charge in [-0.05, 0) is 55.8 Å². The van der Waals surface area contributed by atoms with Crippen LogP contribution in [-0.4, -0.2) is 22.9 Å². The zero-order valence-corrected chi connectivity index (χ0v) is 21.7. The summed E-state index contributed by atoms with van der Waals surface area (Å²) in [6.07, 6.45) is 8.83. The Morgan fingerprint density at radius 3 is 2.72 bits per heavy atom. The summed E-state index contributed by atoms with van der Waals surface area (Å²) in [5.41, 5.74) is 3.36. The van der Waals surface area contributed by atoms with Gasteiger partial charge in [0.05, 0.1) is 12.1 Å². The van der Waals surface area contributed by atoms with Gasteiger partial charge in [-0.1, -0.05) is 43.2 Å². The van der Waals surface area contributed by atoms with E-state index in [0.29, 0.717) is 18.2 Å². The second-order valence-corrected chi connectivity index (χ2v) is 11.1. The van der Waals surface area contributed by atoms with Gasteiger partial charge in [0, 0.05) is 41.3 Å². The van der Waals surface area contributed by atoms with Crippen molar-refractivity contribution in [1.29, 1.82) is 0 Å². The average Bonchev–Trinajstić information content (AvgIpc) is 3.69. The van der Waals surface area contributed by atoms with E-state index in [1.54, 1.807) is 10.8 Å². The summed E-state index contributed by atoms with van der Waals surface area (Å²) in [7, 11) is 1.99. The minimum atomic E-state index is -0.354.